The van der Waals surface area contributed by atoms with E-state index in [2.05, 4.69) is 0 Å². The molecule has 0 amide bonds. The summed E-state index contributed by atoms with van der Waals surface area (Å²) < 4.78 is 0. The van der Waals surface area contributed by atoms with Crippen molar-refractivity contribution in [3.8, 4) is 0 Å². The van der Waals surface area contributed by atoms with Gasteiger partial charge in [-0.1, -0.05) is 0 Å². The van der Waals surface area contributed by atoms with Crippen molar-refractivity contribution in [3.63, 3.8) is 0 Å². The van der Waals surface area contributed by atoms with Crippen LogP contribution in [0.3, 0.4) is 0 Å². The SMILES string of the molecule is O.O.O.O.O=[N+]([O-])O. The third-order valence-electron chi connectivity index (χ3n) is 0. The first-order valence-corrected chi connectivity index (χ1v) is 0.565. The molecular weight excluding hydrogens is 126 g/mol. The normalized spacial score (nSPS) is 3.00. The van der Waals surface area contributed by atoms with E-state index in [-0.39, 0.29) is 21.9 Å². The average Bonchev–Trinajstić information content (AvgIpc) is 0.811. The Hall–Kier alpha value is -0.960. The summed E-state index contributed by atoms with van der Waals surface area (Å²) in [5.74, 6) is 0. The Bertz CT molecular complexity index is 27.4. The predicted molar refractivity (Wildman–Crippen MR) is 23.2 cm³/mol. The van der Waals surface area contributed by atoms with Gasteiger partial charge in [0.25, 0.3) is 5.09 Å². The zero-order valence-electron chi connectivity index (χ0n) is 3.71. The maximum atomic E-state index is 8.36. The molecule has 0 aliphatic heterocycles. The first-order chi connectivity index (χ1) is 1.73. The summed E-state index contributed by atoms with van der Waals surface area (Å²) in [7, 11) is 0. The van der Waals surface area contributed by atoms with Crippen LogP contribution in [0.5, 0.6) is 0 Å². The third kappa shape index (κ3) is 89.3. The molecule has 8 heavy (non-hydrogen) atoms. The summed E-state index contributed by atoms with van der Waals surface area (Å²) >= 11 is 0. The van der Waals surface area contributed by atoms with Gasteiger partial charge in [0.15, 0.2) is 0 Å². The average molecular weight is 135 g/mol. The molecule has 0 bridgehead atoms. The lowest BCUT2D eigenvalue weighted by Gasteiger charge is -1.56. The molecule has 0 aromatic heterocycles. The molecule has 8 nitrogen and oxygen atoms in total. The zero-order valence-corrected chi connectivity index (χ0v) is 3.71. The molecule has 0 atom stereocenters. The van der Waals surface area contributed by atoms with Crippen LogP contribution in [0.15, 0.2) is 0 Å². The summed E-state index contributed by atoms with van der Waals surface area (Å²) in [5.41, 5.74) is 0. The summed E-state index contributed by atoms with van der Waals surface area (Å²) in [6.45, 7) is 0. The summed E-state index contributed by atoms with van der Waals surface area (Å²) in [5, 5.41) is 13.6. The van der Waals surface area contributed by atoms with Gasteiger partial charge < -0.3 is 27.1 Å². The van der Waals surface area contributed by atoms with Crippen molar-refractivity contribution in [1.29, 1.82) is 0 Å². The van der Waals surface area contributed by atoms with Gasteiger partial charge in [-0.05, 0) is 0 Å². The minimum atomic E-state index is -1.50. The Morgan fingerprint density at radius 1 is 1.12 bits per heavy atom. The van der Waals surface area contributed by atoms with Crippen LogP contribution in [-0.2, 0) is 0 Å². The molecule has 8 heteroatoms. The molecule has 0 fully saturated rings. The molecule has 0 rings (SSSR count). The Kier molecular flexibility index (Phi) is 284. The van der Waals surface area contributed by atoms with Crippen molar-refractivity contribution in [3.05, 3.63) is 10.1 Å². The largest absolute Gasteiger partial charge is 0.412 e. The minimum Gasteiger partial charge on any atom is -0.412 e. The van der Waals surface area contributed by atoms with E-state index in [9.17, 15) is 0 Å². The predicted octanol–water partition coefficient (Wildman–Crippen LogP) is -3.65. The second-order valence-corrected chi connectivity index (χ2v) is 0.238. The topological polar surface area (TPSA) is 189 Å². The maximum absolute atomic E-state index is 8.36. The standard InChI is InChI=1S/HNO3.4H2O/c2-1(3)4;;;;/h(H,2,3,4);4*1H2. The van der Waals surface area contributed by atoms with Crippen molar-refractivity contribution in [2.75, 3.05) is 0 Å². The molecular formula is H9NO7. The Morgan fingerprint density at radius 2 is 1.12 bits per heavy atom. The number of hydrogen-bond acceptors (Lipinski definition) is 2. The highest BCUT2D eigenvalue weighted by Gasteiger charge is 1.65. The smallest absolute Gasteiger partial charge is 0.291 e. The molecule has 0 aromatic rings. The quantitative estimate of drug-likeness (QED) is 0.265. The molecule has 0 radical (unpaired) electrons. The maximum Gasteiger partial charge on any atom is 0.291 e. The van der Waals surface area contributed by atoms with Crippen molar-refractivity contribution in [2.45, 2.75) is 0 Å². The summed E-state index contributed by atoms with van der Waals surface area (Å²) in [6, 6.07) is 0. The molecule has 0 aliphatic rings. The Balaban J connectivity index is -0.00000000750. The molecule has 56 valence electrons. The molecule has 0 unspecified atom stereocenters. The van der Waals surface area contributed by atoms with Crippen LogP contribution in [0.2, 0.25) is 0 Å². The van der Waals surface area contributed by atoms with Crippen LogP contribution in [0.1, 0.15) is 0 Å². The summed E-state index contributed by atoms with van der Waals surface area (Å²) in [4.78, 5) is 8.36. The number of hydrogen-bond donors (Lipinski definition) is 1. The van der Waals surface area contributed by atoms with Gasteiger partial charge in [-0.2, -0.15) is 0 Å². The molecule has 0 aromatic carbocycles. The van der Waals surface area contributed by atoms with Crippen LogP contribution in [0.25, 0.3) is 0 Å². The minimum absolute atomic E-state index is 0. The zero-order chi connectivity index (χ0) is 3.58. The van der Waals surface area contributed by atoms with Gasteiger partial charge in [0.2, 0.25) is 0 Å². The van der Waals surface area contributed by atoms with Gasteiger partial charge >= 0.3 is 0 Å². The van der Waals surface area contributed by atoms with E-state index in [4.69, 9.17) is 15.3 Å². The molecule has 0 saturated heterocycles. The Morgan fingerprint density at radius 3 is 1.12 bits per heavy atom. The van der Waals surface area contributed by atoms with Gasteiger partial charge in [-0.25, -0.2) is 0 Å². The van der Waals surface area contributed by atoms with E-state index in [1.165, 1.54) is 0 Å². The monoisotopic (exact) mass is 135 g/mol. The number of rotatable bonds is 0. The Labute approximate surface area is 43.7 Å². The van der Waals surface area contributed by atoms with Crippen molar-refractivity contribution >= 4 is 0 Å². The summed E-state index contributed by atoms with van der Waals surface area (Å²) in [6.07, 6.45) is 0. The van der Waals surface area contributed by atoms with Crippen LogP contribution in [-0.4, -0.2) is 32.2 Å². The fraction of sp³-hybridized carbons (Fsp3) is 0. The van der Waals surface area contributed by atoms with Gasteiger partial charge in [-0.3, -0.25) is 0 Å². The second-order valence-electron chi connectivity index (χ2n) is 0.238. The molecule has 0 aliphatic carbocycles. The fourth-order valence-electron chi connectivity index (χ4n) is 0. The third-order valence-corrected chi connectivity index (χ3v) is 0. The lowest BCUT2D eigenvalue weighted by Crippen LogP contribution is -1.81. The first-order valence-electron chi connectivity index (χ1n) is 0.565. The van der Waals surface area contributed by atoms with Crippen molar-refractivity contribution < 1.29 is 32.2 Å². The van der Waals surface area contributed by atoms with Gasteiger partial charge in [0.05, 0.1) is 0 Å². The van der Waals surface area contributed by atoms with Gasteiger partial charge in [0.1, 0.15) is 0 Å². The lowest BCUT2D eigenvalue weighted by molar-refractivity contribution is -0.742. The first kappa shape index (κ1) is 61.7. The van der Waals surface area contributed by atoms with Gasteiger partial charge in [-0.15, -0.1) is 10.1 Å². The van der Waals surface area contributed by atoms with E-state index >= 15 is 0 Å². The van der Waals surface area contributed by atoms with E-state index < -0.39 is 5.09 Å². The van der Waals surface area contributed by atoms with E-state index in [1.807, 2.05) is 0 Å². The van der Waals surface area contributed by atoms with Crippen LogP contribution in [0.4, 0.5) is 0 Å². The van der Waals surface area contributed by atoms with Crippen molar-refractivity contribution in [1.82, 2.24) is 0 Å². The van der Waals surface area contributed by atoms with Crippen LogP contribution < -0.4 is 0 Å². The van der Waals surface area contributed by atoms with Crippen molar-refractivity contribution in [2.24, 2.45) is 0 Å². The molecule has 0 heterocycles. The lowest BCUT2D eigenvalue weighted by atomic mass is 13.1. The number of nitrogens with zero attached hydrogens (tertiary/aromatic N) is 1. The highest BCUT2D eigenvalue weighted by Crippen LogP contribution is 1.38. The van der Waals surface area contributed by atoms with E-state index in [0.717, 1.165) is 0 Å². The molecule has 0 spiro atoms. The van der Waals surface area contributed by atoms with Crippen LogP contribution in [0, 0.1) is 10.1 Å². The van der Waals surface area contributed by atoms with Gasteiger partial charge in [0, 0.05) is 0 Å². The molecule has 9 N–H and O–H groups in total. The van der Waals surface area contributed by atoms with E-state index in [1.54, 1.807) is 0 Å². The second kappa shape index (κ2) is 36.9. The fourth-order valence-corrected chi connectivity index (χ4v) is 0. The highest BCUT2D eigenvalue weighted by molar-refractivity contribution is 3.83. The molecule has 0 saturated carbocycles. The van der Waals surface area contributed by atoms with E-state index in [0.29, 0.717) is 0 Å². The van der Waals surface area contributed by atoms with Crippen LogP contribution >= 0.6 is 0 Å². The highest BCUT2D eigenvalue weighted by atomic mass is 16.9.